The maximum absolute atomic E-state index is 11.1. The zero-order valence-electron chi connectivity index (χ0n) is 10.1. The fraction of sp³-hybridized carbons (Fsp3) is 0.500. The Morgan fingerprint density at radius 2 is 2.31 bits per heavy atom. The second-order valence-electron chi connectivity index (χ2n) is 3.56. The van der Waals surface area contributed by atoms with E-state index in [4.69, 9.17) is 0 Å². The average Bonchev–Trinajstić information content (AvgIpc) is 2.29. The summed E-state index contributed by atoms with van der Waals surface area (Å²) >= 11 is 0. The van der Waals surface area contributed by atoms with Crippen molar-refractivity contribution in [1.29, 1.82) is 0 Å². The Balaban J connectivity index is 2.64. The van der Waals surface area contributed by atoms with Crippen LogP contribution in [0.3, 0.4) is 0 Å². The molecule has 0 radical (unpaired) electrons. The Hall–Kier alpha value is -1.58. The maximum Gasteiger partial charge on any atom is 0.307 e. The van der Waals surface area contributed by atoms with Gasteiger partial charge in [0.25, 0.3) is 0 Å². The largest absolute Gasteiger partial charge is 0.469 e. The van der Waals surface area contributed by atoms with Crippen molar-refractivity contribution < 1.29 is 9.53 Å². The van der Waals surface area contributed by atoms with Gasteiger partial charge in [0.1, 0.15) is 0 Å². The first kappa shape index (κ1) is 12.5. The lowest BCUT2D eigenvalue weighted by Crippen LogP contribution is -2.26. The highest BCUT2D eigenvalue weighted by atomic mass is 16.5. The first-order valence-corrected chi connectivity index (χ1v) is 5.41. The number of hydrogen-bond acceptors (Lipinski definition) is 4. The number of aryl methyl sites for hydroxylation is 1. The lowest BCUT2D eigenvalue weighted by Gasteiger charge is -2.22. The molecule has 1 heterocycles. The molecular weight excluding hydrogens is 204 g/mol. The highest BCUT2D eigenvalue weighted by Crippen LogP contribution is 2.14. The summed E-state index contributed by atoms with van der Waals surface area (Å²) in [5.41, 5.74) is 2.08. The lowest BCUT2D eigenvalue weighted by atomic mass is 10.3. The highest BCUT2D eigenvalue weighted by molar-refractivity contribution is 5.70. The lowest BCUT2D eigenvalue weighted by molar-refractivity contribution is -0.140. The van der Waals surface area contributed by atoms with Crippen molar-refractivity contribution in [2.24, 2.45) is 0 Å². The quantitative estimate of drug-likeness (QED) is 0.712. The summed E-state index contributed by atoms with van der Waals surface area (Å²) in [5, 5.41) is 0. The SMILES string of the molecule is CCN(CCC(=O)OC)c1ccnc(C)c1. The van der Waals surface area contributed by atoms with E-state index >= 15 is 0 Å². The van der Waals surface area contributed by atoms with Crippen molar-refractivity contribution in [3.05, 3.63) is 24.0 Å². The fourth-order valence-electron chi connectivity index (χ4n) is 1.53. The Morgan fingerprint density at radius 3 is 2.88 bits per heavy atom. The van der Waals surface area contributed by atoms with Crippen molar-refractivity contribution in [2.45, 2.75) is 20.3 Å². The van der Waals surface area contributed by atoms with Crippen LogP contribution in [-0.4, -0.2) is 31.2 Å². The van der Waals surface area contributed by atoms with E-state index in [1.807, 2.05) is 19.1 Å². The zero-order valence-corrected chi connectivity index (χ0v) is 10.1. The first-order valence-electron chi connectivity index (χ1n) is 5.41. The Labute approximate surface area is 96.2 Å². The third-order valence-electron chi connectivity index (χ3n) is 2.44. The molecule has 0 saturated heterocycles. The van der Waals surface area contributed by atoms with E-state index in [1.54, 1.807) is 6.20 Å². The topological polar surface area (TPSA) is 42.4 Å². The van der Waals surface area contributed by atoms with Gasteiger partial charge in [-0.05, 0) is 26.0 Å². The predicted molar refractivity (Wildman–Crippen MR) is 63.5 cm³/mol. The summed E-state index contributed by atoms with van der Waals surface area (Å²) in [6.45, 7) is 5.55. The minimum atomic E-state index is -0.177. The van der Waals surface area contributed by atoms with Crippen molar-refractivity contribution >= 4 is 11.7 Å². The standard InChI is InChI=1S/C12H18N2O2/c1-4-14(8-6-12(15)16-3)11-5-7-13-10(2)9-11/h5,7,9H,4,6,8H2,1-3H3. The molecule has 0 aliphatic carbocycles. The van der Waals surface area contributed by atoms with Crippen LogP contribution in [0.5, 0.6) is 0 Å². The number of aromatic nitrogens is 1. The third-order valence-corrected chi connectivity index (χ3v) is 2.44. The number of esters is 1. The van der Waals surface area contributed by atoms with E-state index in [0.717, 1.165) is 17.9 Å². The molecule has 1 rings (SSSR count). The molecule has 0 saturated carbocycles. The van der Waals surface area contributed by atoms with Crippen LogP contribution in [0.25, 0.3) is 0 Å². The molecule has 0 bridgehead atoms. The van der Waals surface area contributed by atoms with Crippen LogP contribution in [0.15, 0.2) is 18.3 Å². The van der Waals surface area contributed by atoms with Gasteiger partial charge >= 0.3 is 5.97 Å². The third kappa shape index (κ3) is 3.53. The van der Waals surface area contributed by atoms with Crippen molar-refractivity contribution in [2.75, 3.05) is 25.1 Å². The van der Waals surface area contributed by atoms with Gasteiger partial charge in [-0.3, -0.25) is 9.78 Å². The minimum absolute atomic E-state index is 0.177. The van der Waals surface area contributed by atoms with Crippen LogP contribution in [0.1, 0.15) is 19.0 Å². The predicted octanol–water partition coefficient (Wildman–Crippen LogP) is 1.78. The Morgan fingerprint density at radius 1 is 1.56 bits per heavy atom. The van der Waals surface area contributed by atoms with Gasteiger partial charge in [-0.25, -0.2) is 0 Å². The minimum Gasteiger partial charge on any atom is -0.469 e. The fourth-order valence-corrected chi connectivity index (χ4v) is 1.53. The van der Waals surface area contributed by atoms with Gasteiger partial charge in [0.05, 0.1) is 13.5 Å². The number of anilines is 1. The number of hydrogen-bond donors (Lipinski definition) is 0. The van der Waals surface area contributed by atoms with Crippen molar-refractivity contribution in [1.82, 2.24) is 4.98 Å². The van der Waals surface area contributed by atoms with Gasteiger partial charge in [0.2, 0.25) is 0 Å². The van der Waals surface area contributed by atoms with Gasteiger partial charge in [0, 0.05) is 30.7 Å². The summed E-state index contributed by atoms with van der Waals surface area (Å²) in [7, 11) is 1.41. The van der Waals surface area contributed by atoms with E-state index in [9.17, 15) is 4.79 Å². The molecule has 0 amide bonds. The second-order valence-corrected chi connectivity index (χ2v) is 3.56. The molecule has 1 aromatic rings. The Kier molecular flexibility index (Phi) is 4.76. The molecule has 0 unspecified atom stereocenters. The Bertz CT molecular complexity index is 353. The zero-order chi connectivity index (χ0) is 12.0. The normalized spacial score (nSPS) is 9.94. The number of methoxy groups -OCH3 is 1. The summed E-state index contributed by atoms with van der Waals surface area (Å²) in [6.07, 6.45) is 2.19. The molecule has 1 aromatic heterocycles. The van der Waals surface area contributed by atoms with Crippen LogP contribution < -0.4 is 4.90 Å². The molecular formula is C12H18N2O2. The molecule has 0 atom stereocenters. The molecule has 4 heteroatoms. The number of carbonyl (C=O) groups is 1. The van der Waals surface area contributed by atoms with E-state index in [1.165, 1.54) is 7.11 Å². The van der Waals surface area contributed by atoms with Gasteiger partial charge in [0.15, 0.2) is 0 Å². The summed E-state index contributed by atoms with van der Waals surface area (Å²) < 4.78 is 4.63. The molecule has 0 fully saturated rings. The summed E-state index contributed by atoms with van der Waals surface area (Å²) in [6, 6.07) is 3.97. The number of rotatable bonds is 5. The number of ether oxygens (including phenoxy) is 1. The smallest absolute Gasteiger partial charge is 0.307 e. The van der Waals surface area contributed by atoms with Crippen molar-refractivity contribution in [3.8, 4) is 0 Å². The number of pyridine rings is 1. The molecule has 0 aliphatic heterocycles. The summed E-state index contributed by atoms with van der Waals surface area (Å²) in [4.78, 5) is 17.3. The van der Waals surface area contributed by atoms with Crippen LogP contribution in [0.2, 0.25) is 0 Å². The van der Waals surface area contributed by atoms with Crippen LogP contribution >= 0.6 is 0 Å². The van der Waals surface area contributed by atoms with E-state index in [-0.39, 0.29) is 5.97 Å². The highest BCUT2D eigenvalue weighted by Gasteiger charge is 2.07. The maximum atomic E-state index is 11.1. The van der Waals surface area contributed by atoms with Crippen molar-refractivity contribution in [3.63, 3.8) is 0 Å². The number of nitrogens with zero attached hydrogens (tertiary/aromatic N) is 2. The molecule has 0 aromatic carbocycles. The van der Waals surface area contributed by atoms with E-state index in [2.05, 4.69) is 21.5 Å². The van der Waals surface area contributed by atoms with Gasteiger partial charge < -0.3 is 9.64 Å². The first-order chi connectivity index (χ1) is 7.67. The monoisotopic (exact) mass is 222 g/mol. The second kappa shape index (κ2) is 6.10. The molecule has 16 heavy (non-hydrogen) atoms. The molecule has 0 spiro atoms. The van der Waals surface area contributed by atoms with Crippen LogP contribution in [0, 0.1) is 6.92 Å². The molecule has 0 N–H and O–H groups in total. The van der Waals surface area contributed by atoms with Gasteiger partial charge in [-0.15, -0.1) is 0 Å². The summed E-state index contributed by atoms with van der Waals surface area (Å²) in [5.74, 6) is -0.177. The van der Waals surface area contributed by atoms with Gasteiger partial charge in [-0.1, -0.05) is 0 Å². The number of carbonyl (C=O) groups excluding carboxylic acids is 1. The van der Waals surface area contributed by atoms with E-state index < -0.39 is 0 Å². The average molecular weight is 222 g/mol. The van der Waals surface area contributed by atoms with Gasteiger partial charge in [-0.2, -0.15) is 0 Å². The molecule has 4 nitrogen and oxygen atoms in total. The van der Waals surface area contributed by atoms with Crippen LogP contribution in [0.4, 0.5) is 5.69 Å². The molecule has 88 valence electrons. The van der Waals surface area contributed by atoms with E-state index in [0.29, 0.717) is 13.0 Å². The molecule has 0 aliphatic rings. The van der Waals surface area contributed by atoms with Crippen LogP contribution in [-0.2, 0) is 9.53 Å².